The Morgan fingerprint density at radius 3 is 1.98 bits per heavy atom. The summed E-state index contributed by atoms with van der Waals surface area (Å²) in [5.74, 6) is 0.397. The number of likely N-dealkylation sites (tertiary alicyclic amines) is 1. The number of amides is 2. The lowest BCUT2D eigenvalue weighted by Crippen LogP contribution is -2.45. The molecule has 242 valence electrons. The lowest BCUT2D eigenvalue weighted by Gasteiger charge is -2.37. The van der Waals surface area contributed by atoms with Gasteiger partial charge >= 0.3 is 6.09 Å². The third-order valence-electron chi connectivity index (χ3n) is 9.24. The first-order chi connectivity index (χ1) is 23.0. The van der Waals surface area contributed by atoms with E-state index in [9.17, 15) is 9.59 Å². The Bertz CT molecular complexity index is 1540. The van der Waals surface area contributed by atoms with Crippen LogP contribution < -0.4 is 10.6 Å². The smallest absolute Gasteiger partial charge is 0.407 e. The van der Waals surface area contributed by atoms with Gasteiger partial charge in [0, 0.05) is 12.0 Å². The molecule has 4 aromatic rings. The molecule has 0 spiro atoms. The number of nitriles is 1. The summed E-state index contributed by atoms with van der Waals surface area (Å²) in [7, 11) is 0. The van der Waals surface area contributed by atoms with Gasteiger partial charge in [0.2, 0.25) is 5.91 Å². The summed E-state index contributed by atoms with van der Waals surface area (Å²) >= 11 is 0. The molecule has 0 aliphatic carbocycles. The van der Waals surface area contributed by atoms with Crippen molar-refractivity contribution in [1.29, 1.82) is 5.26 Å². The number of ether oxygens (including phenoxy) is 1. The van der Waals surface area contributed by atoms with Crippen LogP contribution in [0.3, 0.4) is 0 Å². The van der Waals surface area contributed by atoms with Crippen LogP contribution in [0.2, 0.25) is 0 Å². The van der Waals surface area contributed by atoms with Gasteiger partial charge in [-0.2, -0.15) is 5.26 Å². The summed E-state index contributed by atoms with van der Waals surface area (Å²) < 4.78 is 5.27. The molecule has 0 atom stereocenters. The maximum absolute atomic E-state index is 13.0. The van der Waals surface area contributed by atoms with E-state index in [4.69, 9.17) is 10.00 Å². The van der Waals surface area contributed by atoms with Crippen LogP contribution >= 0.6 is 0 Å². The summed E-state index contributed by atoms with van der Waals surface area (Å²) in [6.07, 6.45) is 4.60. The van der Waals surface area contributed by atoms with Crippen LogP contribution in [0.25, 0.3) is 0 Å². The summed E-state index contributed by atoms with van der Waals surface area (Å²) in [5.41, 5.74) is 4.78. The van der Waals surface area contributed by atoms with Crippen molar-refractivity contribution in [3.05, 3.63) is 143 Å². The molecule has 0 unspecified atom stereocenters. The fraction of sp³-hybridized carbons (Fsp3) is 0.325. The molecule has 0 aromatic heterocycles. The first-order valence-corrected chi connectivity index (χ1v) is 16.6. The van der Waals surface area contributed by atoms with Crippen molar-refractivity contribution >= 4 is 12.0 Å². The van der Waals surface area contributed by atoms with E-state index in [2.05, 4.69) is 82.3 Å². The third-order valence-corrected chi connectivity index (χ3v) is 9.24. The van der Waals surface area contributed by atoms with Crippen molar-refractivity contribution in [2.75, 3.05) is 32.7 Å². The number of benzene rings is 4. The number of carbonyl (C=O) groups excluding carboxylic acids is 2. The van der Waals surface area contributed by atoms with Crippen molar-refractivity contribution in [2.24, 2.45) is 5.92 Å². The molecule has 47 heavy (non-hydrogen) atoms. The Kier molecular flexibility index (Phi) is 12.2. The first kappa shape index (κ1) is 33.4. The monoisotopic (exact) mass is 628 g/mol. The molecule has 1 aliphatic rings. The fourth-order valence-electron chi connectivity index (χ4n) is 6.57. The Morgan fingerprint density at radius 2 is 1.38 bits per heavy atom. The quantitative estimate of drug-likeness (QED) is 0.164. The molecule has 2 N–H and O–H groups in total. The number of piperidine rings is 1. The van der Waals surface area contributed by atoms with E-state index in [1.165, 1.54) is 18.4 Å². The van der Waals surface area contributed by atoms with E-state index < -0.39 is 11.5 Å². The van der Waals surface area contributed by atoms with Gasteiger partial charge in [-0.1, -0.05) is 103 Å². The minimum absolute atomic E-state index is 0.147. The van der Waals surface area contributed by atoms with Crippen molar-refractivity contribution in [2.45, 2.75) is 44.1 Å². The van der Waals surface area contributed by atoms with Gasteiger partial charge < -0.3 is 20.3 Å². The molecule has 0 saturated carbocycles. The predicted molar refractivity (Wildman–Crippen MR) is 185 cm³/mol. The predicted octanol–water partition coefficient (Wildman–Crippen LogP) is 6.62. The van der Waals surface area contributed by atoms with E-state index in [1.807, 2.05) is 54.6 Å². The second-order valence-corrected chi connectivity index (χ2v) is 12.4. The molecule has 1 aliphatic heterocycles. The molecule has 0 radical (unpaired) electrons. The van der Waals surface area contributed by atoms with Gasteiger partial charge in [-0.25, -0.2) is 4.79 Å². The van der Waals surface area contributed by atoms with Gasteiger partial charge in [0.05, 0.1) is 18.2 Å². The van der Waals surface area contributed by atoms with E-state index >= 15 is 0 Å². The number of nitrogens with one attached hydrogen (secondary N) is 2. The van der Waals surface area contributed by atoms with Crippen LogP contribution in [0.4, 0.5) is 4.79 Å². The van der Waals surface area contributed by atoms with E-state index in [-0.39, 0.29) is 19.1 Å². The van der Waals surface area contributed by atoms with Crippen LogP contribution in [-0.4, -0.2) is 49.6 Å². The van der Waals surface area contributed by atoms with Crippen LogP contribution in [0.5, 0.6) is 0 Å². The molecule has 0 bridgehead atoms. The Balaban J connectivity index is 1.17. The van der Waals surface area contributed by atoms with Crippen LogP contribution in [-0.2, 0) is 28.0 Å². The molecule has 5 rings (SSSR count). The highest BCUT2D eigenvalue weighted by Crippen LogP contribution is 2.37. The highest BCUT2D eigenvalue weighted by atomic mass is 16.5. The average molecular weight is 629 g/mol. The fourth-order valence-corrected chi connectivity index (χ4v) is 6.57. The Labute approximate surface area is 278 Å². The van der Waals surface area contributed by atoms with Crippen molar-refractivity contribution in [3.63, 3.8) is 0 Å². The number of alkyl carbamates (subject to hydrolysis) is 1. The summed E-state index contributed by atoms with van der Waals surface area (Å²) in [6, 6.07) is 40.5. The zero-order valence-electron chi connectivity index (χ0n) is 26.9. The molecule has 1 heterocycles. The molecule has 2 amide bonds. The van der Waals surface area contributed by atoms with Crippen LogP contribution in [0.15, 0.2) is 115 Å². The number of nitrogens with zero attached hydrogens (tertiary/aromatic N) is 2. The number of rotatable bonds is 14. The first-order valence-electron chi connectivity index (χ1n) is 16.6. The van der Waals surface area contributed by atoms with Gasteiger partial charge in [-0.05, 0) is 92.0 Å². The topological polar surface area (TPSA) is 94.5 Å². The molecular weight excluding hydrogens is 584 g/mol. The van der Waals surface area contributed by atoms with Crippen LogP contribution in [0, 0.1) is 17.2 Å². The van der Waals surface area contributed by atoms with Crippen molar-refractivity contribution < 1.29 is 14.3 Å². The minimum atomic E-state index is -0.623. The molecule has 1 saturated heterocycles. The van der Waals surface area contributed by atoms with Gasteiger partial charge in [0.15, 0.2) is 0 Å². The lowest BCUT2D eigenvalue weighted by atomic mass is 9.71. The van der Waals surface area contributed by atoms with Gasteiger partial charge in [-0.15, -0.1) is 0 Å². The number of hydrogen-bond acceptors (Lipinski definition) is 5. The SMILES string of the molecule is N#Cc1ccc(CC2CCN(CCCC(CNC(=O)CNC(=O)OCc3ccccc3)(c3ccccc3)c3ccccc3)CC2)cc1. The minimum Gasteiger partial charge on any atom is -0.445 e. The van der Waals surface area contributed by atoms with Gasteiger partial charge in [0.1, 0.15) is 6.61 Å². The summed E-state index contributed by atoms with van der Waals surface area (Å²) in [6.45, 7) is 3.54. The third kappa shape index (κ3) is 9.78. The summed E-state index contributed by atoms with van der Waals surface area (Å²) in [5, 5.41) is 14.8. The Morgan fingerprint density at radius 1 is 0.787 bits per heavy atom. The van der Waals surface area contributed by atoms with Gasteiger partial charge in [-0.3, -0.25) is 4.79 Å². The molecule has 1 fully saturated rings. The lowest BCUT2D eigenvalue weighted by molar-refractivity contribution is -0.120. The van der Waals surface area contributed by atoms with E-state index in [0.717, 1.165) is 55.6 Å². The highest BCUT2D eigenvalue weighted by Gasteiger charge is 2.34. The van der Waals surface area contributed by atoms with E-state index in [0.29, 0.717) is 18.0 Å². The second kappa shape index (κ2) is 17.1. The molecule has 7 heteroatoms. The maximum Gasteiger partial charge on any atom is 0.407 e. The van der Waals surface area contributed by atoms with Gasteiger partial charge in [0.25, 0.3) is 0 Å². The Hall–Kier alpha value is -4.93. The molecule has 4 aromatic carbocycles. The zero-order chi connectivity index (χ0) is 32.7. The maximum atomic E-state index is 13.0. The normalized spacial score (nSPS) is 13.8. The molecular formula is C40H44N4O3. The second-order valence-electron chi connectivity index (χ2n) is 12.4. The standard InChI is InChI=1S/C40H44N4O3/c41-28-34-19-17-32(18-20-34)27-33-21-25-44(26-22-33)24-10-23-40(36-13-6-2-7-14-36,37-15-8-3-9-16-37)31-43-38(45)29-42-39(46)47-30-35-11-4-1-5-12-35/h1-9,11-20,33H,10,21-27,29-31H2,(H,42,46)(H,43,45). The van der Waals surface area contributed by atoms with Crippen LogP contribution in [0.1, 0.15) is 53.5 Å². The van der Waals surface area contributed by atoms with Crippen molar-refractivity contribution in [1.82, 2.24) is 15.5 Å². The zero-order valence-corrected chi connectivity index (χ0v) is 26.9. The average Bonchev–Trinajstić information content (AvgIpc) is 3.13. The summed E-state index contributed by atoms with van der Waals surface area (Å²) in [4.78, 5) is 27.9. The number of carbonyl (C=O) groups is 2. The highest BCUT2D eigenvalue weighted by molar-refractivity contribution is 5.82. The van der Waals surface area contributed by atoms with E-state index in [1.54, 1.807) is 0 Å². The molecule has 7 nitrogen and oxygen atoms in total. The number of hydrogen-bond donors (Lipinski definition) is 2. The van der Waals surface area contributed by atoms with Crippen molar-refractivity contribution in [3.8, 4) is 6.07 Å². The largest absolute Gasteiger partial charge is 0.445 e.